The molecule has 21 heavy (non-hydrogen) atoms. The Hall–Kier alpha value is -2.88. The van der Waals surface area contributed by atoms with E-state index >= 15 is 0 Å². The number of carbonyl (C=O) groups excluding carboxylic acids is 1. The Morgan fingerprint density at radius 1 is 1.14 bits per heavy atom. The van der Waals surface area contributed by atoms with Crippen molar-refractivity contribution >= 4 is 28.1 Å². The molecular weight excluding hydrogens is 262 g/mol. The highest BCUT2D eigenvalue weighted by Gasteiger charge is 2.12. The SMILES string of the molecule is Cc1c(N)cccc1C(=O)Nc1cccc2ccncc12. The maximum Gasteiger partial charge on any atom is 0.256 e. The fraction of sp³-hybridized carbons (Fsp3) is 0.0588. The van der Waals surface area contributed by atoms with Crippen LogP contribution in [0.15, 0.2) is 54.9 Å². The van der Waals surface area contributed by atoms with Gasteiger partial charge in [0.25, 0.3) is 5.91 Å². The standard InChI is InChI=1S/C17H15N3O/c1-11-13(5-3-6-15(11)18)17(21)20-16-7-2-4-12-8-9-19-10-14(12)16/h2-10H,18H2,1H3,(H,20,21). The van der Waals surface area contributed by atoms with Gasteiger partial charge >= 0.3 is 0 Å². The lowest BCUT2D eigenvalue weighted by atomic mass is 10.1. The van der Waals surface area contributed by atoms with Gasteiger partial charge in [0.15, 0.2) is 0 Å². The number of nitrogens with two attached hydrogens (primary N) is 1. The van der Waals surface area contributed by atoms with Crippen LogP contribution in [0.5, 0.6) is 0 Å². The smallest absolute Gasteiger partial charge is 0.256 e. The minimum atomic E-state index is -0.170. The van der Waals surface area contributed by atoms with Crippen molar-refractivity contribution in [2.24, 2.45) is 0 Å². The predicted octanol–water partition coefficient (Wildman–Crippen LogP) is 3.38. The monoisotopic (exact) mass is 277 g/mol. The quantitative estimate of drug-likeness (QED) is 0.706. The Bertz CT molecular complexity index is 822. The van der Waals surface area contributed by atoms with Crippen LogP contribution >= 0.6 is 0 Å². The number of rotatable bonds is 2. The number of hydrogen-bond acceptors (Lipinski definition) is 3. The Labute approximate surface area is 122 Å². The zero-order valence-corrected chi connectivity index (χ0v) is 11.6. The Morgan fingerprint density at radius 3 is 2.81 bits per heavy atom. The maximum absolute atomic E-state index is 12.4. The molecule has 0 saturated carbocycles. The zero-order chi connectivity index (χ0) is 14.8. The predicted molar refractivity (Wildman–Crippen MR) is 85.3 cm³/mol. The third kappa shape index (κ3) is 2.43. The highest BCUT2D eigenvalue weighted by molar-refractivity contribution is 6.10. The first-order valence-corrected chi connectivity index (χ1v) is 6.66. The van der Waals surface area contributed by atoms with E-state index in [-0.39, 0.29) is 5.91 Å². The molecule has 4 nitrogen and oxygen atoms in total. The largest absolute Gasteiger partial charge is 0.398 e. The molecule has 0 aliphatic carbocycles. The number of nitrogen functional groups attached to an aromatic ring is 1. The summed E-state index contributed by atoms with van der Waals surface area (Å²) in [6.45, 7) is 1.84. The molecule has 0 bridgehead atoms. The average molecular weight is 277 g/mol. The molecule has 2 aromatic carbocycles. The van der Waals surface area contributed by atoms with Crippen LogP contribution in [0.25, 0.3) is 10.8 Å². The highest BCUT2D eigenvalue weighted by atomic mass is 16.1. The normalized spacial score (nSPS) is 10.5. The number of nitrogens with zero attached hydrogens (tertiary/aromatic N) is 1. The van der Waals surface area contributed by atoms with Gasteiger partial charge < -0.3 is 11.1 Å². The number of fused-ring (bicyclic) bond motifs is 1. The van der Waals surface area contributed by atoms with E-state index in [1.165, 1.54) is 0 Å². The van der Waals surface area contributed by atoms with Crippen molar-refractivity contribution in [3.63, 3.8) is 0 Å². The molecule has 0 spiro atoms. The van der Waals surface area contributed by atoms with Gasteiger partial charge in [-0.1, -0.05) is 18.2 Å². The molecule has 1 heterocycles. The topological polar surface area (TPSA) is 68.0 Å². The summed E-state index contributed by atoms with van der Waals surface area (Å²) in [5.41, 5.74) is 8.57. The van der Waals surface area contributed by atoms with Gasteiger partial charge in [0.05, 0.1) is 5.69 Å². The lowest BCUT2D eigenvalue weighted by Gasteiger charge is -2.11. The maximum atomic E-state index is 12.4. The second-order valence-electron chi connectivity index (χ2n) is 4.88. The summed E-state index contributed by atoms with van der Waals surface area (Å²) in [4.78, 5) is 16.6. The van der Waals surface area contributed by atoms with Crippen molar-refractivity contribution in [3.8, 4) is 0 Å². The van der Waals surface area contributed by atoms with Crippen LogP contribution in [0.4, 0.5) is 11.4 Å². The van der Waals surface area contributed by atoms with Gasteiger partial charge in [-0.3, -0.25) is 9.78 Å². The number of aromatic nitrogens is 1. The second kappa shape index (κ2) is 5.25. The molecule has 0 fully saturated rings. The van der Waals surface area contributed by atoms with Gasteiger partial charge in [-0.2, -0.15) is 0 Å². The molecule has 0 saturated heterocycles. The van der Waals surface area contributed by atoms with E-state index in [1.807, 2.05) is 31.2 Å². The van der Waals surface area contributed by atoms with Crippen molar-refractivity contribution in [1.29, 1.82) is 0 Å². The molecular formula is C17H15N3O. The summed E-state index contributed by atoms with van der Waals surface area (Å²) < 4.78 is 0. The highest BCUT2D eigenvalue weighted by Crippen LogP contribution is 2.23. The van der Waals surface area contributed by atoms with Crippen molar-refractivity contribution in [1.82, 2.24) is 4.98 Å². The molecule has 3 aromatic rings. The molecule has 3 rings (SSSR count). The van der Waals surface area contributed by atoms with E-state index in [9.17, 15) is 4.79 Å². The summed E-state index contributed by atoms with van der Waals surface area (Å²) >= 11 is 0. The lowest BCUT2D eigenvalue weighted by Crippen LogP contribution is -2.14. The van der Waals surface area contributed by atoms with Crippen LogP contribution in [0.3, 0.4) is 0 Å². The molecule has 4 heteroatoms. The van der Waals surface area contributed by atoms with Crippen LogP contribution < -0.4 is 11.1 Å². The second-order valence-corrected chi connectivity index (χ2v) is 4.88. The van der Waals surface area contributed by atoms with E-state index in [4.69, 9.17) is 5.73 Å². The van der Waals surface area contributed by atoms with Crippen LogP contribution in [-0.4, -0.2) is 10.9 Å². The molecule has 0 aliphatic rings. The molecule has 0 aliphatic heterocycles. The van der Waals surface area contributed by atoms with Crippen LogP contribution in [-0.2, 0) is 0 Å². The Kier molecular flexibility index (Phi) is 3.28. The summed E-state index contributed by atoms with van der Waals surface area (Å²) in [7, 11) is 0. The van der Waals surface area contributed by atoms with Crippen molar-refractivity contribution in [3.05, 3.63) is 66.0 Å². The molecule has 3 N–H and O–H groups in total. The van der Waals surface area contributed by atoms with E-state index in [2.05, 4.69) is 10.3 Å². The zero-order valence-electron chi connectivity index (χ0n) is 11.6. The molecule has 0 unspecified atom stereocenters. The van der Waals surface area contributed by atoms with Gasteiger partial charge in [-0.25, -0.2) is 0 Å². The van der Waals surface area contributed by atoms with Crippen molar-refractivity contribution in [2.75, 3.05) is 11.1 Å². The fourth-order valence-electron chi connectivity index (χ4n) is 2.31. The summed E-state index contributed by atoms with van der Waals surface area (Å²) in [6, 6.07) is 13.0. The number of pyridine rings is 1. The van der Waals surface area contributed by atoms with E-state index in [0.29, 0.717) is 11.3 Å². The van der Waals surface area contributed by atoms with E-state index in [1.54, 1.807) is 30.6 Å². The number of nitrogens with one attached hydrogen (secondary N) is 1. The summed E-state index contributed by atoms with van der Waals surface area (Å²) in [6.07, 6.45) is 3.48. The minimum Gasteiger partial charge on any atom is -0.398 e. The number of hydrogen-bond donors (Lipinski definition) is 2. The minimum absolute atomic E-state index is 0.170. The molecule has 104 valence electrons. The van der Waals surface area contributed by atoms with Crippen molar-refractivity contribution in [2.45, 2.75) is 6.92 Å². The van der Waals surface area contributed by atoms with E-state index < -0.39 is 0 Å². The van der Waals surface area contributed by atoms with Gasteiger partial charge in [0.1, 0.15) is 0 Å². The molecule has 1 amide bonds. The van der Waals surface area contributed by atoms with Gasteiger partial charge in [-0.05, 0) is 42.1 Å². The van der Waals surface area contributed by atoms with Gasteiger partial charge in [0.2, 0.25) is 0 Å². The summed E-state index contributed by atoms with van der Waals surface area (Å²) in [5, 5.41) is 4.88. The third-order valence-corrected chi connectivity index (χ3v) is 3.55. The van der Waals surface area contributed by atoms with Crippen molar-refractivity contribution < 1.29 is 4.79 Å². The molecule has 1 aromatic heterocycles. The molecule has 0 radical (unpaired) electrons. The first-order valence-electron chi connectivity index (χ1n) is 6.66. The Morgan fingerprint density at radius 2 is 1.95 bits per heavy atom. The summed E-state index contributed by atoms with van der Waals surface area (Å²) in [5.74, 6) is -0.170. The van der Waals surface area contributed by atoms with E-state index in [0.717, 1.165) is 22.0 Å². The molecule has 0 atom stereocenters. The van der Waals surface area contributed by atoms with Crippen LogP contribution in [0.1, 0.15) is 15.9 Å². The van der Waals surface area contributed by atoms with Crippen LogP contribution in [0.2, 0.25) is 0 Å². The Balaban J connectivity index is 1.99. The first-order chi connectivity index (χ1) is 10.2. The number of carbonyl (C=O) groups is 1. The number of amides is 1. The average Bonchev–Trinajstić information content (AvgIpc) is 2.50. The lowest BCUT2D eigenvalue weighted by molar-refractivity contribution is 0.102. The van der Waals surface area contributed by atoms with Gasteiger partial charge in [-0.15, -0.1) is 0 Å². The fourth-order valence-corrected chi connectivity index (χ4v) is 2.31. The van der Waals surface area contributed by atoms with Crippen LogP contribution in [0, 0.1) is 6.92 Å². The van der Waals surface area contributed by atoms with Gasteiger partial charge in [0, 0.05) is 29.0 Å². The third-order valence-electron chi connectivity index (χ3n) is 3.55. The number of anilines is 2. The number of benzene rings is 2. The first kappa shape index (κ1) is 13.1.